The Morgan fingerprint density at radius 3 is 2.31 bits per heavy atom. The number of aliphatic hydroxyl groups excluding tert-OH is 4. The minimum absolute atomic E-state index is 0.265. The highest BCUT2D eigenvalue weighted by Crippen LogP contribution is 2.40. The molecule has 2 aromatic carbocycles. The van der Waals surface area contributed by atoms with Crippen molar-refractivity contribution in [3.8, 4) is 0 Å². The number of halogens is 2. The quantitative estimate of drug-likeness (QED) is 0.594. The van der Waals surface area contributed by atoms with E-state index in [2.05, 4.69) is 0 Å². The highest BCUT2D eigenvalue weighted by molar-refractivity contribution is 6.31. The van der Waals surface area contributed by atoms with Crippen LogP contribution in [0, 0.1) is 5.82 Å². The van der Waals surface area contributed by atoms with Crippen molar-refractivity contribution < 1.29 is 29.6 Å². The monoisotopic (exact) mass is 422 g/mol. The van der Waals surface area contributed by atoms with Gasteiger partial charge in [0.15, 0.2) is 0 Å². The molecule has 2 aromatic rings. The largest absolute Gasteiger partial charge is 0.394 e. The molecule has 2 fully saturated rings. The minimum Gasteiger partial charge on any atom is -0.394 e. The molecule has 1 aliphatic heterocycles. The predicted octanol–water partition coefficient (Wildman–Crippen LogP) is 2.46. The Kier molecular flexibility index (Phi) is 5.93. The lowest BCUT2D eigenvalue weighted by Crippen LogP contribution is -2.55. The first-order chi connectivity index (χ1) is 13.9. The molecule has 0 spiro atoms. The van der Waals surface area contributed by atoms with Crippen LogP contribution in [0.4, 0.5) is 4.39 Å². The standard InChI is InChI=1S/C22H24ClFO5/c23-16-6-5-14(22-21(28)20(27)19(26)18(10-25)29-22)8-15(16)7-13-4-3-12(9-17(13)24)11-1-2-11/h3-6,8-9,11,18-22,25-28H,1-2,7,10H2/t18-,19-,20+,21-,22+/m1/s1. The van der Waals surface area contributed by atoms with Crippen molar-refractivity contribution >= 4 is 11.6 Å². The Morgan fingerprint density at radius 2 is 1.66 bits per heavy atom. The van der Waals surface area contributed by atoms with Gasteiger partial charge in [-0.05, 0) is 53.1 Å². The zero-order chi connectivity index (χ0) is 20.7. The summed E-state index contributed by atoms with van der Waals surface area (Å²) in [6.45, 7) is -0.500. The molecule has 1 saturated heterocycles. The zero-order valence-electron chi connectivity index (χ0n) is 15.7. The average Bonchev–Trinajstić information content (AvgIpc) is 3.55. The summed E-state index contributed by atoms with van der Waals surface area (Å²) >= 11 is 6.32. The molecule has 0 bridgehead atoms. The lowest BCUT2D eigenvalue weighted by molar-refractivity contribution is -0.231. The Balaban J connectivity index is 1.59. The van der Waals surface area contributed by atoms with Crippen LogP contribution in [-0.2, 0) is 11.2 Å². The average molecular weight is 423 g/mol. The molecule has 4 N–H and O–H groups in total. The van der Waals surface area contributed by atoms with E-state index in [1.54, 1.807) is 30.3 Å². The van der Waals surface area contributed by atoms with Gasteiger partial charge in [-0.15, -0.1) is 0 Å². The maximum atomic E-state index is 14.6. The maximum Gasteiger partial charge on any atom is 0.127 e. The lowest BCUT2D eigenvalue weighted by Gasteiger charge is -2.40. The Morgan fingerprint density at radius 1 is 0.931 bits per heavy atom. The first kappa shape index (κ1) is 20.7. The van der Waals surface area contributed by atoms with E-state index in [0.29, 0.717) is 27.6 Å². The summed E-state index contributed by atoms with van der Waals surface area (Å²) in [4.78, 5) is 0. The van der Waals surface area contributed by atoms with Crippen molar-refractivity contribution in [3.63, 3.8) is 0 Å². The third-order valence-corrected chi connectivity index (χ3v) is 6.17. The van der Waals surface area contributed by atoms with E-state index in [1.807, 2.05) is 6.07 Å². The second kappa shape index (κ2) is 8.30. The highest BCUT2D eigenvalue weighted by atomic mass is 35.5. The van der Waals surface area contributed by atoms with E-state index < -0.39 is 37.1 Å². The Labute approximate surface area is 173 Å². The number of benzene rings is 2. The van der Waals surface area contributed by atoms with Gasteiger partial charge in [0.2, 0.25) is 0 Å². The van der Waals surface area contributed by atoms with Gasteiger partial charge < -0.3 is 25.2 Å². The van der Waals surface area contributed by atoms with Gasteiger partial charge in [0.25, 0.3) is 0 Å². The van der Waals surface area contributed by atoms with Gasteiger partial charge in [0.1, 0.15) is 36.3 Å². The summed E-state index contributed by atoms with van der Waals surface area (Å²) in [6.07, 6.45) is -3.74. The number of hydrogen-bond acceptors (Lipinski definition) is 5. The van der Waals surface area contributed by atoms with Crippen LogP contribution in [0.1, 0.15) is 47.1 Å². The molecule has 0 radical (unpaired) electrons. The summed E-state index contributed by atoms with van der Waals surface area (Å²) in [5.41, 5.74) is 2.71. The molecule has 156 valence electrons. The smallest absolute Gasteiger partial charge is 0.127 e. The number of ether oxygens (including phenoxy) is 1. The van der Waals surface area contributed by atoms with Crippen LogP contribution in [0.25, 0.3) is 0 Å². The van der Waals surface area contributed by atoms with E-state index in [9.17, 15) is 24.8 Å². The molecule has 0 unspecified atom stereocenters. The molecule has 1 saturated carbocycles. The highest BCUT2D eigenvalue weighted by Gasteiger charge is 2.44. The van der Waals surface area contributed by atoms with E-state index in [1.165, 1.54) is 0 Å². The molecule has 7 heteroatoms. The molecule has 29 heavy (non-hydrogen) atoms. The second-order valence-corrected chi connectivity index (χ2v) is 8.31. The number of hydrogen-bond donors (Lipinski definition) is 4. The topological polar surface area (TPSA) is 90.2 Å². The molecule has 1 heterocycles. The summed E-state index contributed by atoms with van der Waals surface area (Å²) in [5, 5.41) is 40.2. The molecule has 2 aliphatic rings. The zero-order valence-corrected chi connectivity index (χ0v) is 16.5. The van der Waals surface area contributed by atoms with Crippen LogP contribution in [-0.4, -0.2) is 51.4 Å². The van der Waals surface area contributed by atoms with Crippen LogP contribution in [0.3, 0.4) is 0 Å². The lowest BCUT2D eigenvalue weighted by atomic mass is 9.90. The first-order valence-corrected chi connectivity index (χ1v) is 10.1. The molecule has 5 atom stereocenters. The first-order valence-electron chi connectivity index (χ1n) is 9.76. The van der Waals surface area contributed by atoms with Gasteiger partial charge in [-0.3, -0.25) is 0 Å². The van der Waals surface area contributed by atoms with Gasteiger partial charge in [-0.1, -0.05) is 35.9 Å². The maximum absolute atomic E-state index is 14.6. The van der Waals surface area contributed by atoms with Crippen LogP contribution >= 0.6 is 11.6 Å². The van der Waals surface area contributed by atoms with Gasteiger partial charge in [0, 0.05) is 11.4 Å². The van der Waals surface area contributed by atoms with Crippen molar-refractivity contribution in [2.24, 2.45) is 0 Å². The van der Waals surface area contributed by atoms with Crippen LogP contribution < -0.4 is 0 Å². The Bertz CT molecular complexity index is 886. The van der Waals surface area contributed by atoms with Gasteiger partial charge in [-0.2, -0.15) is 0 Å². The normalized spacial score (nSPS) is 29.8. The van der Waals surface area contributed by atoms with Crippen molar-refractivity contribution in [2.75, 3.05) is 6.61 Å². The third kappa shape index (κ3) is 4.19. The van der Waals surface area contributed by atoms with Gasteiger partial charge in [-0.25, -0.2) is 4.39 Å². The molecule has 0 amide bonds. The number of aliphatic hydroxyl groups is 4. The van der Waals surface area contributed by atoms with Crippen LogP contribution in [0.15, 0.2) is 36.4 Å². The third-order valence-electron chi connectivity index (χ3n) is 5.80. The van der Waals surface area contributed by atoms with E-state index >= 15 is 0 Å². The van der Waals surface area contributed by atoms with E-state index in [0.717, 1.165) is 18.4 Å². The summed E-state index contributed by atoms with van der Waals surface area (Å²) in [6, 6.07) is 10.3. The fourth-order valence-electron chi connectivity index (χ4n) is 3.87. The summed E-state index contributed by atoms with van der Waals surface area (Å²) in [7, 11) is 0. The molecule has 0 aromatic heterocycles. The SMILES string of the molecule is OC[C@H]1O[C@@H](c2ccc(Cl)c(Cc3ccc(C4CC4)cc3F)c2)[C@H](O)[C@@H](O)[C@@H]1O. The summed E-state index contributed by atoms with van der Waals surface area (Å²) in [5.74, 6) is 0.195. The molecule has 5 nitrogen and oxygen atoms in total. The van der Waals surface area contributed by atoms with Crippen LogP contribution in [0.2, 0.25) is 5.02 Å². The molecular formula is C22H24ClFO5. The molecular weight excluding hydrogens is 399 g/mol. The second-order valence-electron chi connectivity index (χ2n) is 7.90. The molecule has 4 rings (SSSR count). The van der Waals surface area contributed by atoms with Crippen LogP contribution in [0.5, 0.6) is 0 Å². The van der Waals surface area contributed by atoms with Crippen molar-refractivity contribution in [1.29, 1.82) is 0 Å². The van der Waals surface area contributed by atoms with Crippen molar-refractivity contribution in [2.45, 2.75) is 55.7 Å². The van der Waals surface area contributed by atoms with Crippen molar-refractivity contribution in [3.05, 3.63) is 69.5 Å². The minimum atomic E-state index is -1.46. The van der Waals surface area contributed by atoms with Gasteiger partial charge >= 0.3 is 0 Å². The van der Waals surface area contributed by atoms with Crippen molar-refractivity contribution in [1.82, 2.24) is 0 Å². The van der Waals surface area contributed by atoms with Gasteiger partial charge in [0.05, 0.1) is 6.61 Å². The number of rotatable bonds is 5. The fourth-order valence-corrected chi connectivity index (χ4v) is 4.05. The summed E-state index contributed by atoms with van der Waals surface area (Å²) < 4.78 is 20.2. The molecule has 1 aliphatic carbocycles. The van der Waals surface area contributed by atoms with E-state index in [-0.39, 0.29) is 12.2 Å². The predicted molar refractivity (Wildman–Crippen MR) is 105 cm³/mol. The fraction of sp³-hybridized carbons (Fsp3) is 0.455. The Hall–Kier alpha value is -1.54. The van der Waals surface area contributed by atoms with E-state index in [4.69, 9.17) is 16.3 Å².